The second kappa shape index (κ2) is 10.2. The van der Waals surface area contributed by atoms with E-state index in [1.807, 2.05) is 22.7 Å². The monoisotopic (exact) mass is 546 g/mol. The van der Waals surface area contributed by atoms with E-state index in [1.165, 1.54) is 92.1 Å². The molecule has 0 spiro atoms. The zero-order chi connectivity index (χ0) is 24.8. The van der Waals surface area contributed by atoms with Crippen LogP contribution in [0.1, 0.15) is 75.6 Å². The molecule has 2 aromatic carbocycles. The van der Waals surface area contributed by atoms with Crippen LogP contribution in [0.15, 0.2) is 35.0 Å². The first kappa shape index (κ1) is 24.6. The van der Waals surface area contributed by atoms with Gasteiger partial charge in [0.2, 0.25) is 0 Å². The second-order valence-corrected chi connectivity index (χ2v) is 13.9. The summed E-state index contributed by atoms with van der Waals surface area (Å²) in [4.78, 5) is 2.93. The van der Waals surface area contributed by atoms with Crippen LogP contribution in [0.4, 0.5) is 0 Å². The molecule has 6 aromatic rings. The van der Waals surface area contributed by atoms with Crippen molar-refractivity contribution in [1.29, 1.82) is 0 Å². The summed E-state index contributed by atoms with van der Waals surface area (Å²) in [5, 5.41) is 10.7. The molecule has 0 nitrogen and oxygen atoms in total. The van der Waals surface area contributed by atoms with Gasteiger partial charge in [0, 0.05) is 28.6 Å². The van der Waals surface area contributed by atoms with Gasteiger partial charge in [-0.15, -0.1) is 45.3 Å². The molecule has 0 unspecified atom stereocenters. The van der Waals surface area contributed by atoms with E-state index >= 15 is 0 Å². The Morgan fingerprint density at radius 2 is 0.833 bits per heavy atom. The maximum Gasteiger partial charge on any atom is 0.0455 e. The number of benzene rings is 2. The van der Waals surface area contributed by atoms with Gasteiger partial charge < -0.3 is 0 Å². The number of fused-ring (bicyclic) bond motifs is 4. The zero-order valence-corrected chi connectivity index (χ0v) is 25.0. The lowest BCUT2D eigenvalue weighted by atomic mass is 9.96. The lowest BCUT2D eigenvalue weighted by Crippen LogP contribution is -1.91. The molecule has 6 rings (SSSR count). The number of thiophene rings is 4. The Balaban J connectivity index is 1.63. The molecule has 0 amide bonds. The molecular formula is C32H34S4. The lowest BCUT2D eigenvalue weighted by Gasteiger charge is -2.10. The van der Waals surface area contributed by atoms with E-state index in [-0.39, 0.29) is 0 Å². The maximum absolute atomic E-state index is 2.55. The zero-order valence-electron chi connectivity index (χ0n) is 21.8. The molecular weight excluding hydrogens is 513 g/mol. The average molecular weight is 547 g/mol. The topological polar surface area (TPSA) is 0 Å². The van der Waals surface area contributed by atoms with Crippen LogP contribution in [0, 0.1) is 0 Å². The maximum atomic E-state index is 2.55. The van der Waals surface area contributed by atoms with E-state index in [0.29, 0.717) is 0 Å². The minimum absolute atomic E-state index is 1.17. The van der Waals surface area contributed by atoms with Crippen LogP contribution in [0.3, 0.4) is 0 Å². The summed E-state index contributed by atoms with van der Waals surface area (Å²) in [6.45, 7) is 9.28. The van der Waals surface area contributed by atoms with Crippen LogP contribution in [0.25, 0.3) is 50.1 Å². The fourth-order valence-electron chi connectivity index (χ4n) is 5.96. The first-order valence-electron chi connectivity index (χ1n) is 13.6. The first-order valence-corrected chi connectivity index (χ1v) is 17.0. The third-order valence-electron chi connectivity index (χ3n) is 7.43. The van der Waals surface area contributed by atoms with Gasteiger partial charge in [0.15, 0.2) is 0 Å². The third-order valence-corrected chi connectivity index (χ3v) is 12.0. The van der Waals surface area contributed by atoms with E-state index in [1.54, 1.807) is 31.7 Å². The highest BCUT2D eigenvalue weighted by molar-refractivity contribution is 7.29. The molecule has 36 heavy (non-hydrogen) atoms. The molecule has 4 heteroatoms. The first-order chi connectivity index (χ1) is 17.7. The van der Waals surface area contributed by atoms with Crippen molar-refractivity contribution in [2.75, 3.05) is 0 Å². The average Bonchev–Trinajstić information content (AvgIpc) is 3.68. The van der Waals surface area contributed by atoms with E-state index < -0.39 is 0 Å². The Bertz CT molecular complexity index is 1440. The summed E-state index contributed by atoms with van der Waals surface area (Å²) in [6, 6.07) is 9.86. The van der Waals surface area contributed by atoms with E-state index in [2.05, 4.69) is 85.4 Å². The largest absolute Gasteiger partial charge is 0.143 e. The number of hydrogen-bond acceptors (Lipinski definition) is 4. The predicted octanol–water partition coefficient (Wildman–Crippen LogP) is 12.0. The molecule has 0 N–H and O–H groups in total. The molecule has 0 aliphatic rings. The smallest absolute Gasteiger partial charge is 0.0455 e. The normalized spacial score (nSPS) is 12.2. The Kier molecular flexibility index (Phi) is 6.98. The Morgan fingerprint density at radius 3 is 1.19 bits per heavy atom. The van der Waals surface area contributed by atoms with Gasteiger partial charge in [-0.05, 0) is 105 Å². The third kappa shape index (κ3) is 3.88. The van der Waals surface area contributed by atoms with Crippen LogP contribution in [0.5, 0.6) is 0 Å². The fraction of sp³-hybridized carbons (Fsp3) is 0.375. The van der Waals surface area contributed by atoms with Crippen molar-refractivity contribution in [3.63, 3.8) is 0 Å². The van der Waals surface area contributed by atoms with Crippen LogP contribution in [-0.4, -0.2) is 0 Å². The van der Waals surface area contributed by atoms with Crippen molar-refractivity contribution in [1.82, 2.24) is 0 Å². The van der Waals surface area contributed by atoms with Crippen molar-refractivity contribution < 1.29 is 0 Å². The minimum atomic E-state index is 1.17. The van der Waals surface area contributed by atoms with Crippen molar-refractivity contribution >= 4 is 85.7 Å². The Labute approximate surface area is 230 Å². The highest BCUT2D eigenvalue weighted by atomic mass is 32.1. The van der Waals surface area contributed by atoms with Crippen molar-refractivity contribution in [3.05, 3.63) is 57.3 Å². The molecule has 0 atom stereocenters. The fourth-order valence-corrected chi connectivity index (χ4v) is 10.6. The molecule has 0 saturated carbocycles. The second-order valence-electron chi connectivity index (χ2n) is 9.95. The molecule has 4 heterocycles. The number of hydrogen-bond donors (Lipinski definition) is 0. The molecule has 0 aliphatic carbocycles. The highest BCUT2D eigenvalue weighted by Crippen LogP contribution is 2.48. The van der Waals surface area contributed by atoms with Gasteiger partial charge >= 0.3 is 0 Å². The summed E-state index contributed by atoms with van der Waals surface area (Å²) in [7, 11) is 0. The van der Waals surface area contributed by atoms with Gasteiger partial charge in [-0.2, -0.15) is 0 Å². The molecule has 0 radical (unpaired) electrons. The molecule has 0 aliphatic heterocycles. The molecule has 0 fully saturated rings. The van der Waals surface area contributed by atoms with Crippen LogP contribution in [-0.2, 0) is 25.7 Å². The molecule has 0 bridgehead atoms. The Hall–Kier alpha value is -1.72. The Morgan fingerprint density at radius 1 is 0.472 bits per heavy atom. The predicted molar refractivity (Wildman–Crippen MR) is 169 cm³/mol. The highest BCUT2D eigenvalue weighted by Gasteiger charge is 2.21. The van der Waals surface area contributed by atoms with Gasteiger partial charge in [-0.3, -0.25) is 0 Å². The molecule has 186 valence electrons. The SMILES string of the molecule is CCCc1c2cc(-c3cc4c(CCC)c5sccc5c(CCC)c4s3)sc2c(CCC)c2ccsc12. The molecule has 0 saturated heterocycles. The van der Waals surface area contributed by atoms with Crippen LogP contribution < -0.4 is 0 Å². The lowest BCUT2D eigenvalue weighted by molar-refractivity contribution is 0.930. The van der Waals surface area contributed by atoms with Gasteiger partial charge in [-0.25, -0.2) is 0 Å². The van der Waals surface area contributed by atoms with Crippen LogP contribution in [0.2, 0.25) is 0 Å². The van der Waals surface area contributed by atoms with E-state index in [4.69, 9.17) is 0 Å². The summed E-state index contributed by atoms with van der Waals surface area (Å²) < 4.78 is 6.15. The van der Waals surface area contributed by atoms with Crippen LogP contribution >= 0.6 is 45.3 Å². The standard InChI is InChI=1S/C32H34S4/c1-5-9-19-23-13-15-33-29(23)21(11-7-3)25-17-27(35-31(19)25)28-18-26-22(12-8-4)30-24(14-16-34-30)20(10-6-2)32(26)36-28/h13-18H,5-12H2,1-4H3. The quantitative estimate of drug-likeness (QED) is 0.169. The van der Waals surface area contributed by atoms with Crippen molar-refractivity contribution in [2.24, 2.45) is 0 Å². The molecule has 4 aromatic heterocycles. The number of aryl methyl sites for hydroxylation is 4. The summed E-state index contributed by atoms with van der Waals surface area (Å²) in [5.74, 6) is 0. The van der Waals surface area contributed by atoms with Gasteiger partial charge in [-0.1, -0.05) is 53.4 Å². The number of rotatable bonds is 9. The van der Waals surface area contributed by atoms with Gasteiger partial charge in [0.25, 0.3) is 0 Å². The summed E-state index contributed by atoms with van der Waals surface area (Å²) in [6.07, 6.45) is 9.45. The van der Waals surface area contributed by atoms with E-state index in [0.717, 1.165) is 0 Å². The minimum Gasteiger partial charge on any atom is -0.143 e. The van der Waals surface area contributed by atoms with Gasteiger partial charge in [0.05, 0.1) is 0 Å². The van der Waals surface area contributed by atoms with Gasteiger partial charge in [0.1, 0.15) is 0 Å². The van der Waals surface area contributed by atoms with E-state index in [9.17, 15) is 0 Å². The summed E-state index contributed by atoms with van der Waals surface area (Å²) >= 11 is 7.99. The summed E-state index contributed by atoms with van der Waals surface area (Å²) in [5.41, 5.74) is 6.33. The van der Waals surface area contributed by atoms with Crippen molar-refractivity contribution in [2.45, 2.75) is 79.1 Å². The van der Waals surface area contributed by atoms with Crippen molar-refractivity contribution in [3.8, 4) is 9.75 Å².